The molecule has 0 aliphatic rings. The summed E-state index contributed by atoms with van der Waals surface area (Å²) in [6, 6.07) is 2.11. The SMILES string of the molecule is CCCCCCCCCCCCOc1cc(OCCCCCCCCCCCC)c(OCCCCCCCCCCCC)c(OCCCCCCCCCCCC)c1OCCCCCCCCCCCC. The van der Waals surface area contributed by atoms with E-state index in [-0.39, 0.29) is 0 Å². The highest BCUT2D eigenvalue weighted by atomic mass is 16.6. The third kappa shape index (κ3) is 43.2. The molecule has 0 amide bonds. The second kappa shape index (κ2) is 56.0. The van der Waals surface area contributed by atoms with E-state index in [1.807, 2.05) is 0 Å². The maximum absolute atomic E-state index is 6.93. The van der Waals surface area contributed by atoms with Gasteiger partial charge in [-0.3, -0.25) is 0 Å². The molecule has 71 heavy (non-hydrogen) atoms. The van der Waals surface area contributed by atoms with Crippen molar-refractivity contribution < 1.29 is 23.7 Å². The summed E-state index contributed by atoms with van der Waals surface area (Å²) in [6.07, 6.45) is 65.4. The Morgan fingerprint density at radius 2 is 0.338 bits per heavy atom. The molecule has 0 spiro atoms. The Kier molecular flexibility index (Phi) is 53.0. The van der Waals surface area contributed by atoms with Crippen LogP contribution in [0.4, 0.5) is 0 Å². The molecule has 0 aliphatic carbocycles. The lowest BCUT2D eigenvalue weighted by atomic mass is 10.1. The standard InChI is InChI=1S/C66H126O5/c1-6-11-16-21-26-31-36-41-46-51-56-67-62-61-63(68-57-52-47-42-37-32-27-22-17-12-7-2)65(70-59-54-49-44-39-34-29-24-19-14-9-4)66(71-60-55-50-45-40-35-30-25-20-15-10-5)64(62)69-58-53-48-43-38-33-28-23-18-13-8-3/h61H,6-60H2,1-5H3. The van der Waals surface area contributed by atoms with Crippen LogP contribution in [-0.2, 0) is 0 Å². The van der Waals surface area contributed by atoms with Gasteiger partial charge in [-0.15, -0.1) is 0 Å². The molecule has 5 heteroatoms. The molecule has 0 unspecified atom stereocenters. The number of hydrogen-bond donors (Lipinski definition) is 0. The highest BCUT2D eigenvalue weighted by Crippen LogP contribution is 2.51. The van der Waals surface area contributed by atoms with Gasteiger partial charge in [-0.25, -0.2) is 0 Å². The molecule has 420 valence electrons. The van der Waals surface area contributed by atoms with E-state index in [9.17, 15) is 0 Å². The van der Waals surface area contributed by atoms with Gasteiger partial charge in [0.25, 0.3) is 0 Å². The van der Waals surface area contributed by atoms with Crippen molar-refractivity contribution in [3.63, 3.8) is 0 Å². The van der Waals surface area contributed by atoms with Crippen LogP contribution in [-0.4, -0.2) is 33.0 Å². The zero-order chi connectivity index (χ0) is 51.0. The van der Waals surface area contributed by atoms with E-state index in [1.54, 1.807) is 0 Å². The number of ether oxygens (including phenoxy) is 5. The van der Waals surface area contributed by atoms with Crippen LogP contribution < -0.4 is 23.7 Å². The van der Waals surface area contributed by atoms with Crippen molar-refractivity contribution in [3.05, 3.63) is 6.07 Å². The third-order valence-electron chi connectivity index (χ3n) is 14.9. The molecule has 0 N–H and O–H groups in total. The topological polar surface area (TPSA) is 46.2 Å². The Labute approximate surface area is 445 Å². The summed E-state index contributed by atoms with van der Waals surface area (Å²) in [4.78, 5) is 0. The summed E-state index contributed by atoms with van der Waals surface area (Å²) in [6.45, 7) is 14.9. The molecule has 0 heterocycles. The highest BCUT2D eigenvalue weighted by molar-refractivity contribution is 5.65. The van der Waals surface area contributed by atoms with Crippen LogP contribution in [0.2, 0.25) is 0 Å². The van der Waals surface area contributed by atoms with Crippen molar-refractivity contribution in [2.75, 3.05) is 33.0 Å². The predicted octanol–water partition coefficient (Wildman–Crippen LogP) is 23.2. The zero-order valence-electron chi connectivity index (χ0n) is 49.0. The number of rotatable bonds is 60. The first kappa shape index (κ1) is 67.2. The molecule has 0 aromatic heterocycles. The summed E-state index contributed by atoms with van der Waals surface area (Å²) >= 11 is 0. The number of hydrogen-bond acceptors (Lipinski definition) is 5. The van der Waals surface area contributed by atoms with Crippen LogP contribution in [0.25, 0.3) is 0 Å². The molecule has 0 bridgehead atoms. The smallest absolute Gasteiger partial charge is 0.211 e. The second-order valence-electron chi connectivity index (χ2n) is 22.0. The number of benzene rings is 1. The largest absolute Gasteiger partial charge is 0.489 e. The first-order valence-electron chi connectivity index (χ1n) is 32.6. The van der Waals surface area contributed by atoms with Gasteiger partial charge >= 0.3 is 0 Å². The van der Waals surface area contributed by atoms with Gasteiger partial charge < -0.3 is 23.7 Å². The quantitative estimate of drug-likeness (QED) is 0.0609. The Morgan fingerprint density at radius 3 is 0.535 bits per heavy atom. The van der Waals surface area contributed by atoms with E-state index >= 15 is 0 Å². The van der Waals surface area contributed by atoms with Gasteiger partial charge in [0.1, 0.15) is 0 Å². The van der Waals surface area contributed by atoms with E-state index < -0.39 is 0 Å². The Balaban J connectivity index is 3.25. The first-order chi connectivity index (χ1) is 35.2. The minimum Gasteiger partial charge on any atom is -0.489 e. The molecule has 0 radical (unpaired) electrons. The Hall–Kier alpha value is -1.78. The van der Waals surface area contributed by atoms with E-state index in [2.05, 4.69) is 40.7 Å². The minimum atomic E-state index is 0.652. The van der Waals surface area contributed by atoms with Crippen LogP contribution in [0, 0.1) is 0 Å². The molecular formula is C66H126O5. The molecule has 1 rings (SSSR count). The molecule has 0 aliphatic heterocycles. The van der Waals surface area contributed by atoms with Crippen molar-refractivity contribution in [2.45, 2.75) is 356 Å². The van der Waals surface area contributed by atoms with Gasteiger partial charge in [0.05, 0.1) is 33.0 Å². The van der Waals surface area contributed by atoms with E-state index in [0.29, 0.717) is 33.0 Å². The molecule has 5 nitrogen and oxygen atoms in total. The molecule has 0 saturated heterocycles. The van der Waals surface area contributed by atoms with Gasteiger partial charge in [-0.2, -0.15) is 0 Å². The summed E-state index contributed by atoms with van der Waals surface area (Å²) < 4.78 is 34.2. The fourth-order valence-corrected chi connectivity index (χ4v) is 10.0. The van der Waals surface area contributed by atoms with Crippen molar-refractivity contribution in [3.8, 4) is 28.7 Å². The molecule has 0 fully saturated rings. The monoisotopic (exact) mass is 999 g/mol. The molecule has 0 atom stereocenters. The van der Waals surface area contributed by atoms with Gasteiger partial charge in [0.15, 0.2) is 11.5 Å². The predicted molar refractivity (Wildman–Crippen MR) is 313 cm³/mol. The fourth-order valence-electron chi connectivity index (χ4n) is 10.0. The van der Waals surface area contributed by atoms with E-state index in [4.69, 9.17) is 23.7 Å². The molecule has 1 aromatic carbocycles. The summed E-state index contributed by atoms with van der Waals surface area (Å²) in [5.74, 6) is 3.75. The maximum atomic E-state index is 6.93. The maximum Gasteiger partial charge on any atom is 0.211 e. The Morgan fingerprint density at radius 1 is 0.183 bits per heavy atom. The van der Waals surface area contributed by atoms with Crippen molar-refractivity contribution in [2.24, 2.45) is 0 Å². The van der Waals surface area contributed by atoms with E-state index in [1.165, 1.54) is 289 Å². The number of unbranched alkanes of at least 4 members (excludes halogenated alkanes) is 45. The summed E-state index contributed by atoms with van der Waals surface area (Å²) in [7, 11) is 0. The van der Waals surface area contributed by atoms with Crippen molar-refractivity contribution in [1.82, 2.24) is 0 Å². The van der Waals surface area contributed by atoms with Gasteiger partial charge in [0.2, 0.25) is 17.2 Å². The van der Waals surface area contributed by atoms with Crippen LogP contribution in [0.5, 0.6) is 28.7 Å². The zero-order valence-corrected chi connectivity index (χ0v) is 49.0. The van der Waals surface area contributed by atoms with Crippen LogP contribution in [0.15, 0.2) is 6.07 Å². The van der Waals surface area contributed by atoms with Crippen LogP contribution in [0.3, 0.4) is 0 Å². The molecule has 1 aromatic rings. The molecular weight excluding hydrogens is 873 g/mol. The first-order valence-corrected chi connectivity index (χ1v) is 32.6. The lowest BCUT2D eigenvalue weighted by Crippen LogP contribution is -2.10. The lowest BCUT2D eigenvalue weighted by molar-refractivity contribution is 0.207. The lowest BCUT2D eigenvalue weighted by Gasteiger charge is -2.23. The Bertz CT molecular complexity index is 1110. The fraction of sp³-hybridized carbons (Fsp3) is 0.909. The van der Waals surface area contributed by atoms with Gasteiger partial charge in [-0.1, -0.05) is 324 Å². The minimum absolute atomic E-state index is 0.652. The van der Waals surface area contributed by atoms with Gasteiger partial charge in [0, 0.05) is 6.07 Å². The van der Waals surface area contributed by atoms with Crippen molar-refractivity contribution >= 4 is 0 Å². The van der Waals surface area contributed by atoms with Gasteiger partial charge in [-0.05, 0) is 32.1 Å². The van der Waals surface area contributed by atoms with Crippen LogP contribution >= 0.6 is 0 Å². The third-order valence-corrected chi connectivity index (χ3v) is 14.9. The van der Waals surface area contributed by atoms with Crippen LogP contribution in [0.1, 0.15) is 356 Å². The van der Waals surface area contributed by atoms with Crippen molar-refractivity contribution in [1.29, 1.82) is 0 Å². The summed E-state index contributed by atoms with van der Waals surface area (Å²) in [5, 5.41) is 0. The second-order valence-corrected chi connectivity index (χ2v) is 22.0. The van der Waals surface area contributed by atoms with E-state index in [0.717, 1.165) is 60.9 Å². The average molecular weight is 1000 g/mol. The average Bonchev–Trinajstić information content (AvgIpc) is 3.38. The highest BCUT2D eigenvalue weighted by Gasteiger charge is 2.25. The summed E-state index contributed by atoms with van der Waals surface area (Å²) in [5.41, 5.74) is 0. The normalized spacial score (nSPS) is 11.5. The molecule has 0 saturated carbocycles.